The van der Waals surface area contributed by atoms with Crippen molar-refractivity contribution in [3.05, 3.63) is 107 Å². The van der Waals surface area contributed by atoms with Crippen LogP contribution in [0.5, 0.6) is 0 Å². The van der Waals surface area contributed by atoms with E-state index in [1.54, 1.807) is 24.3 Å². The summed E-state index contributed by atoms with van der Waals surface area (Å²) in [6, 6.07) is 0. The minimum atomic E-state index is 0.0283. The van der Waals surface area contributed by atoms with E-state index >= 15 is 0 Å². The fourth-order valence-corrected chi connectivity index (χ4v) is 3.75. The summed E-state index contributed by atoms with van der Waals surface area (Å²) in [6.45, 7) is 16.6. The van der Waals surface area contributed by atoms with Crippen molar-refractivity contribution in [2.24, 2.45) is 0 Å². The maximum atomic E-state index is 11.6. The van der Waals surface area contributed by atoms with Crippen LogP contribution in [0.1, 0.15) is 74.7 Å². The van der Waals surface area contributed by atoms with E-state index in [-0.39, 0.29) is 23.1 Å². The van der Waals surface area contributed by atoms with Gasteiger partial charge in [-0.2, -0.15) is 0 Å². The molecule has 0 aromatic heterocycles. The highest BCUT2D eigenvalue weighted by molar-refractivity contribution is 6.09. The number of rotatable bonds is 5. The maximum absolute atomic E-state index is 11.6. The van der Waals surface area contributed by atoms with Gasteiger partial charge in [0.2, 0.25) is 0 Å². The molecule has 1 heterocycles. The van der Waals surface area contributed by atoms with Crippen molar-refractivity contribution in [3.8, 4) is 0 Å². The van der Waals surface area contributed by atoms with Crippen LogP contribution in [-0.2, 0) is 19.2 Å². The van der Waals surface area contributed by atoms with Gasteiger partial charge in [-0.3, -0.25) is 24.1 Å². The number of hydrogen-bond donors (Lipinski definition) is 0. The molecule has 5 nitrogen and oxygen atoms in total. The van der Waals surface area contributed by atoms with E-state index in [4.69, 9.17) is 0 Å². The molecule has 0 amide bonds. The summed E-state index contributed by atoms with van der Waals surface area (Å²) in [5.74, 6) is 0.565. The second-order valence-electron chi connectivity index (χ2n) is 9.13. The molecule has 5 heteroatoms. The van der Waals surface area contributed by atoms with Crippen molar-refractivity contribution in [3.63, 3.8) is 0 Å². The molecule has 0 N–H and O–H groups in total. The molecule has 1 saturated heterocycles. The molecule has 2 rings (SSSR count). The van der Waals surface area contributed by atoms with Crippen molar-refractivity contribution in [1.29, 1.82) is 0 Å². The molecule has 0 unspecified atom stereocenters. The summed E-state index contributed by atoms with van der Waals surface area (Å²) in [5.41, 5.74) is 3.81. The molecule has 0 spiro atoms. The van der Waals surface area contributed by atoms with Crippen LogP contribution in [0.15, 0.2) is 107 Å². The average molecular weight is 562 g/mol. The number of nitrogens with zero attached hydrogens (tertiary/aromatic N) is 1. The number of allylic oxidation sites excluding steroid dienone is 16. The van der Waals surface area contributed by atoms with E-state index in [2.05, 4.69) is 4.90 Å². The van der Waals surface area contributed by atoms with Crippen LogP contribution in [0.2, 0.25) is 0 Å². The SMILES string of the molecule is C/C=C/C(=O)/C=C/C.C/C=C/C=C/C(=O)/C=C/C.C/C=C1\CCC/C(=C\C)C1=O.C/C=C1\CN(C)C/C(=C\C)C1=O. The first-order valence-corrected chi connectivity index (χ1v) is 14.2. The smallest absolute Gasteiger partial charge is 0.186 e. The molecule has 224 valence electrons. The molecule has 41 heavy (non-hydrogen) atoms. The van der Waals surface area contributed by atoms with Crippen LogP contribution in [-0.4, -0.2) is 48.2 Å². The molecule has 0 aromatic carbocycles. The Kier molecular flexibility index (Phi) is 24.3. The minimum Gasteiger partial charge on any atom is -0.298 e. The Morgan fingerprint density at radius 1 is 0.537 bits per heavy atom. The molecule has 2 fully saturated rings. The molecule has 0 atom stereocenters. The molecule has 0 bridgehead atoms. The predicted octanol–water partition coefficient (Wildman–Crippen LogP) is 8.00. The van der Waals surface area contributed by atoms with Gasteiger partial charge in [0.1, 0.15) is 0 Å². The van der Waals surface area contributed by atoms with Gasteiger partial charge < -0.3 is 0 Å². The van der Waals surface area contributed by atoms with Crippen molar-refractivity contribution >= 4 is 23.1 Å². The third-order valence-electron chi connectivity index (χ3n) is 5.89. The van der Waals surface area contributed by atoms with Gasteiger partial charge in [0.25, 0.3) is 0 Å². The predicted molar refractivity (Wildman–Crippen MR) is 175 cm³/mol. The summed E-state index contributed by atoms with van der Waals surface area (Å²) in [5, 5.41) is 0. The summed E-state index contributed by atoms with van der Waals surface area (Å²) < 4.78 is 0. The Hall–Kier alpha value is -3.70. The van der Waals surface area contributed by atoms with Gasteiger partial charge >= 0.3 is 0 Å². The quantitative estimate of drug-likeness (QED) is 0.251. The number of piperidine rings is 1. The number of carbonyl (C=O) groups excluding carboxylic acids is 4. The first kappa shape index (κ1) is 39.4. The zero-order chi connectivity index (χ0) is 31.6. The number of carbonyl (C=O) groups is 4. The van der Waals surface area contributed by atoms with E-state index in [1.807, 2.05) is 98.9 Å². The molecule has 1 aliphatic heterocycles. The van der Waals surface area contributed by atoms with Crippen LogP contribution in [0, 0.1) is 0 Å². The zero-order valence-corrected chi connectivity index (χ0v) is 26.7. The fraction of sp³-hybridized carbons (Fsp3) is 0.389. The molecule has 0 aromatic rings. The Morgan fingerprint density at radius 2 is 0.902 bits per heavy atom. The molecule has 2 aliphatic rings. The largest absolute Gasteiger partial charge is 0.298 e. The van der Waals surface area contributed by atoms with Crippen LogP contribution >= 0.6 is 0 Å². The Labute approximate surface area is 249 Å². The van der Waals surface area contributed by atoms with E-state index in [0.29, 0.717) is 0 Å². The molecule has 0 radical (unpaired) electrons. The number of ketones is 4. The van der Waals surface area contributed by atoms with E-state index in [0.717, 1.165) is 54.6 Å². The first-order valence-electron chi connectivity index (χ1n) is 14.2. The minimum absolute atomic E-state index is 0.0283. The highest BCUT2D eigenvalue weighted by Crippen LogP contribution is 2.24. The van der Waals surface area contributed by atoms with Crippen LogP contribution in [0.25, 0.3) is 0 Å². The molecule has 1 aliphatic carbocycles. The number of likely N-dealkylation sites (N-methyl/N-ethyl adjacent to an activating group) is 1. The van der Waals surface area contributed by atoms with Crippen LogP contribution in [0.3, 0.4) is 0 Å². The first-order chi connectivity index (χ1) is 19.6. The third-order valence-corrected chi connectivity index (χ3v) is 5.89. The summed E-state index contributed by atoms with van der Waals surface area (Å²) in [7, 11) is 2.03. The van der Waals surface area contributed by atoms with E-state index in [9.17, 15) is 19.2 Å². The van der Waals surface area contributed by atoms with Crippen LogP contribution < -0.4 is 0 Å². The highest BCUT2D eigenvalue weighted by Gasteiger charge is 2.22. The van der Waals surface area contributed by atoms with E-state index < -0.39 is 0 Å². The molecular weight excluding hydrogens is 510 g/mol. The number of Topliss-reactive ketones (excluding diaryl/α,β-unsaturated/α-hetero) is 2. The summed E-state index contributed by atoms with van der Waals surface area (Å²) in [6.07, 6.45) is 27.4. The van der Waals surface area contributed by atoms with Gasteiger partial charge in [-0.25, -0.2) is 0 Å². The lowest BCUT2D eigenvalue weighted by Gasteiger charge is -2.25. The molecular formula is C36H51NO4. The van der Waals surface area contributed by atoms with Crippen LogP contribution in [0.4, 0.5) is 0 Å². The van der Waals surface area contributed by atoms with Gasteiger partial charge in [-0.15, -0.1) is 0 Å². The summed E-state index contributed by atoms with van der Waals surface area (Å²) in [4.78, 5) is 46.3. The zero-order valence-electron chi connectivity index (χ0n) is 26.7. The normalized spacial score (nSPS) is 20.2. The monoisotopic (exact) mass is 561 g/mol. The second kappa shape index (κ2) is 25.3. The van der Waals surface area contributed by atoms with Gasteiger partial charge in [-0.05, 0) is 117 Å². The Morgan fingerprint density at radius 3 is 1.24 bits per heavy atom. The Bertz CT molecular complexity index is 1060. The second-order valence-corrected chi connectivity index (χ2v) is 9.13. The van der Waals surface area contributed by atoms with Crippen molar-refractivity contribution in [1.82, 2.24) is 4.90 Å². The van der Waals surface area contributed by atoms with Crippen molar-refractivity contribution in [2.45, 2.75) is 74.7 Å². The topological polar surface area (TPSA) is 71.5 Å². The van der Waals surface area contributed by atoms with Gasteiger partial charge in [0, 0.05) is 24.2 Å². The van der Waals surface area contributed by atoms with Gasteiger partial charge in [0.15, 0.2) is 23.1 Å². The average Bonchev–Trinajstić information content (AvgIpc) is 2.96. The molecule has 1 saturated carbocycles. The summed E-state index contributed by atoms with van der Waals surface area (Å²) >= 11 is 0. The third kappa shape index (κ3) is 18.3. The van der Waals surface area contributed by atoms with Crippen molar-refractivity contribution in [2.75, 3.05) is 20.1 Å². The lowest BCUT2D eigenvalue weighted by Crippen LogP contribution is -2.34. The fourth-order valence-electron chi connectivity index (χ4n) is 3.75. The van der Waals surface area contributed by atoms with Crippen molar-refractivity contribution < 1.29 is 19.2 Å². The Balaban J connectivity index is 0. The standard InChI is InChI=1S/C10H15NO.C10H14O.C9H12O.C7H10O/c1-4-8-6-11(3)7-9(5-2)10(8)12;1-3-8-6-5-7-9(4-2)10(8)11;1-3-5-6-8-9(10)7-4-2;1-3-5-7(8)6-4-2/h4-5H,6-7H2,1-3H3;3-4H,5-7H2,1-2H3;3-8H,1-2H3;3-6H,1-2H3/b8-4+,9-5+;8-3+,9-4+;5-3+,7-4+,8-6+;5-3+,6-4+. The highest BCUT2D eigenvalue weighted by atomic mass is 16.1. The lowest BCUT2D eigenvalue weighted by molar-refractivity contribution is -0.114. The number of likely N-dealkylation sites (tertiary alicyclic amines) is 1. The van der Waals surface area contributed by atoms with E-state index in [1.165, 1.54) is 24.3 Å². The maximum Gasteiger partial charge on any atom is 0.186 e. The van der Waals surface area contributed by atoms with Gasteiger partial charge in [-0.1, -0.05) is 60.8 Å². The van der Waals surface area contributed by atoms with Gasteiger partial charge in [0.05, 0.1) is 0 Å². The lowest BCUT2D eigenvalue weighted by atomic mass is 9.89. The number of hydrogen-bond acceptors (Lipinski definition) is 5.